The standard InChI is InChI=1S/C6H12NO2/c1-2-9-6-5-8-4-3-7-6/h5-7H,2-4H2,1H3. The number of morpholine rings is 1. The van der Waals surface area contributed by atoms with Gasteiger partial charge in [0.05, 0.1) is 6.61 Å². The molecule has 1 aliphatic rings. The van der Waals surface area contributed by atoms with Gasteiger partial charge in [-0.1, -0.05) is 0 Å². The summed E-state index contributed by atoms with van der Waals surface area (Å²) in [6.45, 7) is 6.00. The van der Waals surface area contributed by atoms with E-state index in [9.17, 15) is 0 Å². The molecule has 3 nitrogen and oxygen atoms in total. The van der Waals surface area contributed by atoms with E-state index in [1.807, 2.05) is 6.92 Å². The van der Waals surface area contributed by atoms with E-state index in [1.54, 1.807) is 6.61 Å². The van der Waals surface area contributed by atoms with Crippen LogP contribution < -0.4 is 5.32 Å². The zero-order valence-electron chi connectivity index (χ0n) is 5.59. The van der Waals surface area contributed by atoms with Crippen molar-refractivity contribution in [2.24, 2.45) is 0 Å². The van der Waals surface area contributed by atoms with Gasteiger partial charge in [-0.15, -0.1) is 0 Å². The van der Waals surface area contributed by atoms with Crippen LogP contribution in [-0.4, -0.2) is 26.0 Å². The predicted molar refractivity (Wildman–Crippen MR) is 33.7 cm³/mol. The summed E-state index contributed by atoms with van der Waals surface area (Å²) in [7, 11) is 0. The van der Waals surface area contributed by atoms with Gasteiger partial charge in [-0.2, -0.15) is 0 Å². The van der Waals surface area contributed by atoms with Crippen molar-refractivity contribution in [1.29, 1.82) is 0 Å². The smallest absolute Gasteiger partial charge is 0.137 e. The normalized spacial score (nSPS) is 28.3. The minimum absolute atomic E-state index is 0.00347. The third-order valence-electron chi connectivity index (χ3n) is 1.13. The number of hydrogen-bond donors (Lipinski definition) is 1. The predicted octanol–water partition coefficient (Wildman–Crippen LogP) is 0.131. The van der Waals surface area contributed by atoms with E-state index in [-0.39, 0.29) is 6.23 Å². The quantitative estimate of drug-likeness (QED) is 0.576. The van der Waals surface area contributed by atoms with Crippen molar-refractivity contribution in [3.63, 3.8) is 0 Å². The van der Waals surface area contributed by atoms with Crippen LogP contribution in [0.5, 0.6) is 0 Å². The fraction of sp³-hybridized carbons (Fsp3) is 0.833. The molecule has 0 aromatic rings. The molecule has 1 saturated heterocycles. The fourth-order valence-corrected chi connectivity index (χ4v) is 0.741. The van der Waals surface area contributed by atoms with Gasteiger partial charge in [-0.3, -0.25) is 5.32 Å². The Labute approximate surface area is 55.3 Å². The van der Waals surface area contributed by atoms with Crippen LogP contribution in [0, 0.1) is 6.61 Å². The van der Waals surface area contributed by atoms with E-state index in [4.69, 9.17) is 9.47 Å². The molecule has 0 bridgehead atoms. The number of hydrogen-bond acceptors (Lipinski definition) is 3. The second-order valence-corrected chi connectivity index (χ2v) is 1.84. The van der Waals surface area contributed by atoms with Gasteiger partial charge in [0.1, 0.15) is 12.8 Å². The lowest BCUT2D eigenvalue weighted by atomic mass is 10.5. The van der Waals surface area contributed by atoms with Crippen LogP contribution in [-0.2, 0) is 9.47 Å². The van der Waals surface area contributed by atoms with Crippen LogP contribution in [0.4, 0.5) is 0 Å². The molecule has 0 spiro atoms. The second-order valence-electron chi connectivity index (χ2n) is 1.84. The summed E-state index contributed by atoms with van der Waals surface area (Å²) in [6.07, 6.45) is 0.00347. The summed E-state index contributed by atoms with van der Waals surface area (Å²) in [6, 6.07) is 0. The zero-order valence-corrected chi connectivity index (χ0v) is 5.59. The molecule has 0 saturated carbocycles. The van der Waals surface area contributed by atoms with Gasteiger partial charge >= 0.3 is 0 Å². The average molecular weight is 130 g/mol. The molecule has 1 radical (unpaired) electrons. The summed E-state index contributed by atoms with van der Waals surface area (Å²) in [5, 5.41) is 3.12. The van der Waals surface area contributed by atoms with Crippen LogP contribution in [0.2, 0.25) is 0 Å². The molecule has 1 N–H and O–H groups in total. The molecule has 0 aromatic carbocycles. The monoisotopic (exact) mass is 130 g/mol. The molecule has 1 rings (SSSR count). The Kier molecular flexibility index (Phi) is 2.97. The van der Waals surface area contributed by atoms with Crippen LogP contribution >= 0.6 is 0 Å². The van der Waals surface area contributed by atoms with Crippen molar-refractivity contribution in [2.45, 2.75) is 13.2 Å². The van der Waals surface area contributed by atoms with Crippen molar-refractivity contribution >= 4 is 0 Å². The number of rotatable bonds is 2. The minimum Gasteiger partial charge on any atom is -0.370 e. The van der Waals surface area contributed by atoms with E-state index in [2.05, 4.69) is 5.32 Å². The highest BCUT2D eigenvalue weighted by atomic mass is 16.5. The first-order valence-corrected chi connectivity index (χ1v) is 3.23. The van der Waals surface area contributed by atoms with E-state index in [0.29, 0.717) is 0 Å². The number of nitrogens with one attached hydrogen (secondary N) is 1. The summed E-state index contributed by atoms with van der Waals surface area (Å²) in [4.78, 5) is 0. The lowest BCUT2D eigenvalue weighted by Gasteiger charge is -2.22. The highest BCUT2D eigenvalue weighted by Crippen LogP contribution is 1.98. The van der Waals surface area contributed by atoms with E-state index in [0.717, 1.165) is 19.8 Å². The summed E-state index contributed by atoms with van der Waals surface area (Å²) in [5.41, 5.74) is 0. The Balaban J connectivity index is 2.08. The van der Waals surface area contributed by atoms with E-state index >= 15 is 0 Å². The largest absolute Gasteiger partial charge is 0.370 e. The van der Waals surface area contributed by atoms with Crippen molar-refractivity contribution < 1.29 is 9.47 Å². The van der Waals surface area contributed by atoms with Crippen LogP contribution in [0.25, 0.3) is 0 Å². The molecule has 3 heteroatoms. The molecule has 0 aliphatic carbocycles. The molecule has 1 fully saturated rings. The van der Waals surface area contributed by atoms with Gasteiger partial charge in [0, 0.05) is 13.2 Å². The Bertz CT molecular complexity index is 68.7. The molecular formula is C6H12NO2. The van der Waals surface area contributed by atoms with Gasteiger partial charge < -0.3 is 9.47 Å². The van der Waals surface area contributed by atoms with Crippen LogP contribution in [0.3, 0.4) is 0 Å². The highest BCUT2D eigenvalue weighted by molar-refractivity contribution is 4.69. The van der Waals surface area contributed by atoms with Gasteiger partial charge in [-0.05, 0) is 6.92 Å². The van der Waals surface area contributed by atoms with Crippen molar-refractivity contribution in [3.8, 4) is 0 Å². The Hall–Kier alpha value is -0.120. The Morgan fingerprint density at radius 1 is 1.89 bits per heavy atom. The maximum Gasteiger partial charge on any atom is 0.137 e. The first-order chi connectivity index (χ1) is 4.43. The maximum absolute atomic E-state index is 5.19. The zero-order chi connectivity index (χ0) is 6.53. The summed E-state index contributed by atoms with van der Waals surface area (Å²) >= 11 is 0. The number of ether oxygens (including phenoxy) is 2. The molecule has 1 atom stereocenters. The van der Waals surface area contributed by atoms with Crippen molar-refractivity contribution in [2.75, 3.05) is 19.8 Å². The third-order valence-corrected chi connectivity index (χ3v) is 1.13. The van der Waals surface area contributed by atoms with Crippen molar-refractivity contribution in [3.05, 3.63) is 6.61 Å². The molecule has 0 amide bonds. The average Bonchev–Trinajstić information content (AvgIpc) is 1.91. The van der Waals surface area contributed by atoms with E-state index in [1.165, 1.54) is 0 Å². The minimum atomic E-state index is 0.00347. The Morgan fingerprint density at radius 3 is 3.33 bits per heavy atom. The Morgan fingerprint density at radius 2 is 2.78 bits per heavy atom. The van der Waals surface area contributed by atoms with Crippen LogP contribution in [0.1, 0.15) is 6.92 Å². The van der Waals surface area contributed by atoms with Gasteiger partial charge in [0.15, 0.2) is 0 Å². The molecular weight excluding hydrogens is 118 g/mol. The molecule has 1 unspecified atom stereocenters. The second kappa shape index (κ2) is 3.82. The maximum atomic E-state index is 5.19. The fourth-order valence-electron chi connectivity index (χ4n) is 0.741. The summed E-state index contributed by atoms with van der Waals surface area (Å²) < 4.78 is 10.2. The van der Waals surface area contributed by atoms with Crippen LogP contribution in [0.15, 0.2) is 0 Å². The van der Waals surface area contributed by atoms with Gasteiger partial charge in [0.25, 0.3) is 0 Å². The summed E-state index contributed by atoms with van der Waals surface area (Å²) in [5.74, 6) is 0. The lowest BCUT2D eigenvalue weighted by molar-refractivity contribution is -0.0174. The SMILES string of the molecule is CCOC1[CH]OCCN1. The van der Waals surface area contributed by atoms with Gasteiger partial charge in [0.2, 0.25) is 0 Å². The topological polar surface area (TPSA) is 30.5 Å². The molecule has 1 aliphatic heterocycles. The first kappa shape index (κ1) is 6.99. The first-order valence-electron chi connectivity index (χ1n) is 3.23. The molecule has 1 heterocycles. The molecule has 53 valence electrons. The van der Waals surface area contributed by atoms with Crippen molar-refractivity contribution in [1.82, 2.24) is 5.32 Å². The highest BCUT2D eigenvalue weighted by Gasteiger charge is 2.11. The van der Waals surface area contributed by atoms with Gasteiger partial charge in [-0.25, -0.2) is 0 Å². The molecule has 0 aromatic heterocycles. The molecule has 9 heavy (non-hydrogen) atoms. The third kappa shape index (κ3) is 2.30. The lowest BCUT2D eigenvalue weighted by Crippen LogP contribution is -2.39. The van der Waals surface area contributed by atoms with E-state index < -0.39 is 0 Å².